The van der Waals surface area contributed by atoms with Crippen LogP contribution in [0.25, 0.3) is 0 Å². The molecule has 0 aromatic heterocycles. The third-order valence-corrected chi connectivity index (χ3v) is 4.72. The molecule has 0 atom stereocenters. The van der Waals surface area contributed by atoms with E-state index < -0.39 is 0 Å². The van der Waals surface area contributed by atoms with Gasteiger partial charge in [0.15, 0.2) is 5.96 Å². The fraction of sp³-hybridized carbons (Fsp3) is 0.333. The molecule has 3 rings (SSSR count). The Morgan fingerprint density at radius 2 is 1.67 bits per heavy atom. The number of amides is 1. The number of nitrogens with one attached hydrogen (secondary N) is 2. The number of carbonyl (C=O) groups excluding carboxylic acids is 1. The molecular weight excluding hydrogens is 343 g/mol. The summed E-state index contributed by atoms with van der Waals surface area (Å²) >= 11 is 0. The van der Waals surface area contributed by atoms with E-state index in [9.17, 15) is 9.18 Å². The SMILES string of the molecule is CN=C(NCc1ccccc1F)NCc1ccccc1CN1CCCC1=O. The average Bonchev–Trinajstić information content (AvgIpc) is 3.09. The molecule has 0 spiro atoms. The van der Waals surface area contributed by atoms with Crippen molar-refractivity contribution in [3.63, 3.8) is 0 Å². The molecule has 2 aromatic rings. The van der Waals surface area contributed by atoms with Gasteiger partial charge in [0, 0.05) is 45.2 Å². The van der Waals surface area contributed by atoms with Crippen molar-refractivity contribution >= 4 is 11.9 Å². The van der Waals surface area contributed by atoms with Crippen LogP contribution in [0.1, 0.15) is 29.5 Å². The fourth-order valence-corrected chi connectivity index (χ4v) is 3.18. The van der Waals surface area contributed by atoms with E-state index in [4.69, 9.17) is 0 Å². The summed E-state index contributed by atoms with van der Waals surface area (Å²) < 4.78 is 13.7. The molecule has 1 fully saturated rings. The molecule has 1 saturated heterocycles. The van der Waals surface area contributed by atoms with E-state index in [1.54, 1.807) is 19.2 Å². The van der Waals surface area contributed by atoms with Crippen molar-refractivity contribution in [2.45, 2.75) is 32.5 Å². The van der Waals surface area contributed by atoms with Gasteiger partial charge in [-0.3, -0.25) is 9.79 Å². The van der Waals surface area contributed by atoms with Gasteiger partial charge >= 0.3 is 0 Å². The first kappa shape index (κ1) is 18.9. The molecule has 1 aliphatic heterocycles. The minimum Gasteiger partial charge on any atom is -0.352 e. The number of rotatable bonds is 6. The molecule has 6 heteroatoms. The maximum atomic E-state index is 13.7. The predicted octanol–water partition coefficient (Wildman–Crippen LogP) is 2.81. The largest absolute Gasteiger partial charge is 0.352 e. The van der Waals surface area contributed by atoms with E-state index in [1.807, 2.05) is 29.2 Å². The molecule has 1 heterocycles. The first-order valence-electron chi connectivity index (χ1n) is 9.20. The molecule has 2 N–H and O–H groups in total. The highest BCUT2D eigenvalue weighted by Crippen LogP contribution is 2.17. The van der Waals surface area contributed by atoms with Crippen LogP contribution in [0.4, 0.5) is 4.39 Å². The topological polar surface area (TPSA) is 56.7 Å². The summed E-state index contributed by atoms with van der Waals surface area (Å²) in [5.41, 5.74) is 2.84. The van der Waals surface area contributed by atoms with Crippen molar-refractivity contribution in [1.82, 2.24) is 15.5 Å². The van der Waals surface area contributed by atoms with Crippen molar-refractivity contribution < 1.29 is 9.18 Å². The van der Waals surface area contributed by atoms with Gasteiger partial charge in [0.05, 0.1) is 0 Å². The fourth-order valence-electron chi connectivity index (χ4n) is 3.18. The molecule has 2 aromatic carbocycles. The van der Waals surface area contributed by atoms with Gasteiger partial charge in [-0.15, -0.1) is 0 Å². The first-order valence-corrected chi connectivity index (χ1v) is 9.20. The lowest BCUT2D eigenvalue weighted by atomic mass is 10.1. The van der Waals surface area contributed by atoms with Crippen molar-refractivity contribution in [3.8, 4) is 0 Å². The molecule has 27 heavy (non-hydrogen) atoms. The summed E-state index contributed by atoms with van der Waals surface area (Å²) in [7, 11) is 1.69. The van der Waals surface area contributed by atoms with Crippen molar-refractivity contribution in [2.75, 3.05) is 13.6 Å². The Kier molecular flexibility index (Phi) is 6.41. The standard InChI is InChI=1S/C21H25FN4O/c1-23-21(25-14-17-8-4-5-10-19(17)22)24-13-16-7-2-3-9-18(16)15-26-12-6-11-20(26)27/h2-5,7-10H,6,11-15H2,1H3,(H2,23,24,25). The molecule has 0 saturated carbocycles. The smallest absolute Gasteiger partial charge is 0.222 e. The Hall–Kier alpha value is -2.89. The van der Waals surface area contributed by atoms with E-state index in [1.165, 1.54) is 6.07 Å². The minimum absolute atomic E-state index is 0.222. The number of benzene rings is 2. The molecule has 5 nitrogen and oxygen atoms in total. The predicted molar refractivity (Wildman–Crippen MR) is 105 cm³/mol. The third kappa shape index (κ3) is 5.06. The Balaban J connectivity index is 1.58. The van der Waals surface area contributed by atoms with E-state index in [0.29, 0.717) is 37.6 Å². The summed E-state index contributed by atoms with van der Waals surface area (Å²) in [6.07, 6.45) is 1.58. The van der Waals surface area contributed by atoms with E-state index in [2.05, 4.69) is 21.7 Å². The Labute approximate surface area is 159 Å². The molecular formula is C21H25FN4O. The second kappa shape index (κ2) is 9.16. The lowest BCUT2D eigenvalue weighted by Gasteiger charge is -2.19. The van der Waals surface area contributed by atoms with E-state index >= 15 is 0 Å². The van der Waals surface area contributed by atoms with Crippen LogP contribution in [0.5, 0.6) is 0 Å². The second-order valence-electron chi connectivity index (χ2n) is 6.56. The number of aliphatic imine (C=N–C) groups is 1. The van der Waals surface area contributed by atoms with Gasteiger partial charge in [0.1, 0.15) is 5.82 Å². The van der Waals surface area contributed by atoms with Crippen molar-refractivity contribution in [2.24, 2.45) is 4.99 Å². The number of likely N-dealkylation sites (tertiary alicyclic amines) is 1. The summed E-state index contributed by atoms with van der Waals surface area (Å²) in [4.78, 5) is 18.0. The van der Waals surface area contributed by atoms with Crippen LogP contribution >= 0.6 is 0 Å². The Bertz CT molecular complexity index is 821. The number of nitrogens with zero attached hydrogens (tertiary/aromatic N) is 2. The Morgan fingerprint density at radius 3 is 2.30 bits per heavy atom. The van der Waals surface area contributed by atoms with Crippen LogP contribution < -0.4 is 10.6 Å². The lowest BCUT2D eigenvalue weighted by Crippen LogP contribution is -2.36. The van der Waals surface area contributed by atoms with Crippen LogP contribution in [0, 0.1) is 5.82 Å². The number of halogens is 1. The average molecular weight is 368 g/mol. The zero-order valence-electron chi connectivity index (χ0n) is 15.5. The quantitative estimate of drug-likeness (QED) is 0.609. The van der Waals surface area contributed by atoms with E-state index in [-0.39, 0.29) is 11.7 Å². The van der Waals surface area contributed by atoms with Gasteiger partial charge in [-0.2, -0.15) is 0 Å². The van der Waals surface area contributed by atoms with Gasteiger partial charge in [-0.1, -0.05) is 42.5 Å². The highest BCUT2D eigenvalue weighted by Gasteiger charge is 2.20. The van der Waals surface area contributed by atoms with Gasteiger partial charge in [-0.25, -0.2) is 4.39 Å². The van der Waals surface area contributed by atoms with Crippen LogP contribution in [-0.4, -0.2) is 30.4 Å². The maximum Gasteiger partial charge on any atom is 0.222 e. The number of guanidine groups is 1. The van der Waals surface area contributed by atoms with Gasteiger partial charge in [-0.05, 0) is 23.6 Å². The summed E-state index contributed by atoms with van der Waals surface area (Å²) in [5, 5.41) is 6.40. The number of carbonyl (C=O) groups is 1. The summed E-state index contributed by atoms with van der Waals surface area (Å²) in [6.45, 7) is 2.40. The van der Waals surface area contributed by atoms with Gasteiger partial charge < -0.3 is 15.5 Å². The zero-order chi connectivity index (χ0) is 19.1. The first-order chi connectivity index (χ1) is 13.2. The highest BCUT2D eigenvalue weighted by atomic mass is 19.1. The van der Waals surface area contributed by atoms with Crippen LogP contribution in [0.2, 0.25) is 0 Å². The van der Waals surface area contributed by atoms with E-state index in [0.717, 1.165) is 24.1 Å². The minimum atomic E-state index is -0.235. The second-order valence-corrected chi connectivity index (χ2v) is 6.56. The molecule has 142 valence electrons. The summed E-state index contributed by atoms with van der Waals surface area (Å²) in [6, 6.07) is 14.8. The van der Waals surface area contributed by atoms with Crippen LogP contribution in [0.3, 0.4) is 0 Å². The molecule has 0 radical (unpaired) electrons. The Morgan fingerprint density at radius 1 is 1.04 bits per heavy atom. The summed E-state index contributed by atoms with van der Waals surface area (Å²) in [5.74, 6) is 0.589. The molecule has 0 bridgehead atoms. The third-order valence-electron chi connectivity index (χ3n) is 4.72. The maximum absolute atomic E-state index is 13.7. The van der Waals surface area contributed by atoms with Crippen LogP contribution in [0.15, 0.2) is 53.5 Å². The molecule has 1 amide bonds. The van der Waals surface area contributed by atoms with Crippen molar-refractivity contribution in [1.29, 1.82) is 0 Å². The monoisotopic (exact) mass is 368 g/mol. The molecule has 0 unspecified atom stereocenters. The lowest BCUT2D eigenvalue weighted by molar-refractivity contribution is -0.128. The zero-order valence-corrected chi connectivity index (χ0v) is 15.5. The van der Waals surface area contributed by atoms with Gasteiger partial charge in [0.2, 0.25) is 5.91 Å². The van der Waals surface area contributed by atoms with Crippen LogP contribution in [-0.2, 0) is 24.4 Å². The van der Waals surface area contributed by atoms with Crippen molar-refractivity contribution in [3.05, 3.63) is 71.0 Å². The van der Waals surface area contributed by atoms with Gasteiger partial charge in [0.25, 0.3) is 0 Å². The highest BCUT2D eigenvalue weighted by molar-refractivity contribution is 5.79. The number of hydrogen-bond acceptors (Lipinski definition) is 2. The molecule has 1 aliphatic rings. The number of hydrogen-bond donors (Lipinski definition) is 2. The normalized spacial score (nSPS) is 14.5. The molecule has 0 aliphatic carbocycles.